The molecule has 0 aromatic heterocycles. The summed E-state index contributed by atoms with van der Waals surface area (Å²) in [6.07, 6.45) is 10.8. The standard InChI is InChI=1S/C14H26O/c1-3-5-8-12-10-7-11-13(14(12)15)9-6-4-2/h12-13H,3-11H2,1-2H3/t12-,13-/m0/s1. The van der Waals surface area contributed by atoms with E-state index in [4.69, 9.17) is 0 Å². The van der Waals surface area contributed by atoms with Gasteiger partial charge in [0, 0.05) is 11.8 Å². The van der Waals surface area contributed by atoms with Crippen LogP contribution < -0.4 is 0 Å². The number of carbonyl (C=O) groups excluding carboxylic acids is 1. The third-order valence-electron chi connectivity index (χ3n) is 3.72. The van der Waals surface area contributed by atoms with Crippen LogP contribution in [0.15, 0.2) is 0 Å². The molecule has 1 saturated carbocycles. The maximum Gasteiger partial charge on any atom is 0.139 e. The van der Waals surface area contributed by atoms with Gasteiger partial charge in [0.15, 0.2) is 0 Å². The molecule has 15 heavy (non-hydrogen) atoms. The zero-order valence-electron chi connectivity index (χ0n) is 10.4. The number of hydrogen-bond donors (Lipinski definition) is 0. The second kappa shape index (κ2) is 7.03. The molecule has 1 fully saturated rings. The summed E-state index contributed by atoms with van der Waals surface area (Å²) in [4.78, 5) is 12.1. The lowest BCUT2D eigenvalue weighted by Crippen LogP contribution is -2.28. The molecular formula is C14H26O. The van der Waals surface area contributed by atoms with Gasteiger partial charge in [-0.3, -0.25) is 4.79 Å². The molecule has 0 unspecified atom stereocenters. The van der Waals surface area contributed by atoms with Crippen LogP contribution in [-0.2, 0) is 4.79 Å². The van der Waals surface area contributed by atoms with E-state index in [-0.39, 0.29) is 0 Å². The number of ketones is 1. The van der Waals surface area contributed by atoms with E-state index in [2.05, 4.69) is 13.8 Å². The summed E-state index contributed by atoms with van der Waals surface area (Å²) in [5.41, 5.74) is 0. The third-order valence-corrected chi connectivity index (χ3v) is 3.72. The van der Waals surface area contributed by atoms with Crippen molar-refractivity contribution in [3.63, 3.8) is 0 Å². The van der Waals surface area contributed by atoms with Crippen LogP contribution in [0.2, 0.25) is 0 Å². The van der Waals surface area contributed by atoms with E-state index in [1.165, 1.54) is 44.9 Å². The molecule has 1 aliphatic rings. The fourth-order valence-corrected chi connectivity index (χ4v) is 2.70. The van der Waals surface area contributed by atoms with Gasteiger partial charge >= 0.3 is 0 Å². The maximum absolute atomic E-state index is 12.1. The van der Waals surface area contributed by atoms with Crippen molar-refractivity contribution in [3.05, 3.63) is 0 Å². The lowest BCUT2D eigenvalue weighted by atomic mass is 9.76. The largest absolute Gasteiger partial charge is 0.299 e. The lowest BCUT2D eigenvalue weighted by molar-refractivity contribution is -0.129. The van der Waals surface area contributed by atoms with Crippen molar-refractivity contribution in [1.82, 2.24) is 0 Å². The van der Waals surface area contributed by atoms with Crippen LogP contribution >= 0.6 is 0 Å². The van der Waals surface area contributed by atoms with Crippen molar-refractivity contribution in [3.8, 4) is 0 Å². The fourth-order valence-electron chi connectivity index (χ4n) is 2.70. The van der Waals surface area contributed by atoms with Gasteiger partial charge in [-0.2, -0.15) is 0 Å². The predicted molar refractivity (Wildman–Crippen MR) is 64.9 cm³/mol. The molecule has 1 nitrogen and oxygen atoms in total. The number of Topliss-reactive ketones (excluding diaryl/α,β-unsaturated/α-hetero) is 1. The minimum absolute atomic E-state index is 0.417. The molecule has 1 heteroatoms. The molecule has 2 atom stereocenters. The zero-order chi connectivity index (χ0) is 11.1. The molecule has 0 aliphatic heterocycles. The molecule has 0 amide bonds. The first kappa shape index (κ1) is 12.7. The molecule has 0 aromatic rings. The number of unbranched alkanes of at least 4 members (excludes halogenated alkanes) is 2. The van der Waals surface area contributed by atoms with E-state index in [1.807, 2.05) is 0 Å². The Balaban J connectivity index is 2.36. The summed E-state index contributed by atoms with van der Waals surface area (Å²) in [6, 6.07) is 0. The smallest absolute Gasteiger partial charge is 0.139 e. The van der Waals surface area contributed by atoms with Crippen molar-refractivity contribution < 1.29 is 4.79 Å². The summed E-state index contributed by atoms with van der Waals surface area (Å²) in [5.74, 6) is 1.43. The Bertz CT molecular complexity index is 168. The Morgan fingerprint density at radius 3 is 1.87 bits per heavy atom. The topological polar surface area (TPSA) is 17.1 Å². The Labute approximate surface area is 94.6 Å². The first-order chi connectivity index (χ1) is 7.29. The molecule has 1 aliphatic carbocycles. The predicted octanol–water partition coefficient (Wildman–Crippen LogP) is 4.35. The van der Waals surface area contributed by atoms with E-state index < -0.39 is 0 Å². The van der Waals surface area contributed by atoms with Gasteiger partial charge in [-0.15, -0.1) is 0 Å². The molecule has 0 radical (unpaired) electrons. The average Bonchev–Trinajstić information content (AvgIpc) is 2.26. The summed E-state index contributed by atoms with van der Waals surface area (Å²) >= 11 is 0. The van der Waals surface area contributed by atoms with E-state index in [1.54, 1.807) is 0 Å². The number of hydrogen-bond acceptors (Lipinski definition) is 1. The second-order valence-electron chi connectivity index (χ2n) is 5.01. The van der Waals surface area contributed by atoms with Crippen LogP contribution in [0.5, 0.6) is 0 Å². The molecule has 88 valence electrons. The van der Waals surface area contributed by atoms with Gasteiger partial charge < -0.3 is 0 Å². The van der Waals surface area contributed by atoms with Gasteiger partial charge in [0.25, 0.3) is 0 Å². The molecule has 0 saturated heterocycles. The number of rotatable bonds is 6. The molecule has 0 heterocycles. The van der Waals surface area contributed by atoms with Gasteiger partial charge in [0.05, 0.1) is 0 Å². The first-order valence-electron chi connectivity index (χ1n) is 6.83. The fraction of sp³-hybridized carbons (Fsp3) is 0.929. The van der Waals surface area contributed by atoms with Crippen LogP contribution in [-0.4, -0.2) is 5.78 Å². The maximum atomic E-state index is 12.1. The minimum Gasteiger partial charge on any atom is -0.299 e. The summed E-state index contributed by atoms with van der Waals surface area (Å²) in [7, 11) is 0. The quantitative estimate of drug-likeness (QED) is 0.637. The highest BCUT2D eigenvalue weighted by Gasteiger charge is 2.29. The first-order valence-corrected chi connectivity index (χ1v) is 6.83. The Kier molecular flexibility index (Phi) is 5.97. The van der Waals surface area contributed by atoms with Crippen LogP contribution in [0.1, 0.15) is 71.6 Å². The highest BCUT2D eigenvalue weighted by atomic mass is 16.1. The molecule has 0 bridgehead atoms. The second-order valence-corrected chi connectivity index (χ2v) is 5.01. The van der Waals surface area contributed by atoms with Crippen LogP contribution in [0.25, 0.3) is 0 Å². The molecule has 1 rings (SSSR count). The molecule has 0 spiro atoms. The monoisotopic (exact) mass is 210 g/mol. The van der Waals surface area contributed by atoms with E-state index in [0.29, 0.717) is 17.6 Å². The van der Waals surface area contributed by atoms with Crippen molar-refractivity contribution in [2.24, 2.45) is 11.8 Å². The Morgan fingerprint density at radius 1 is 1.00 bits per heavy atom. The summed E-state index contributed by atoms with van der Waals surface area (Å²) in [6.45, 7) is 4.42. The van der Waals surface area contributed by atoms with Crippen LogP contribution in [0.3, 0.4) is 0 Å². The minimum atomic E-state index is 0.417. The van der Waals surface area contributed by atoms with Gasteiger partial charge in [-0.1, -0.05) is 46.0 Å². The van der Waals surface area contributed by atoms with Crippen LogP contribution in [0, 0.1) is 11.8 Å². The van der Waals surface area contributed by atoms with E-state index >= 15 is 0 Å². The van der Waals surface area contributed by atoms with Gasteiger partial charge in [0.1, 0.15) is 5.78 Å². The van der Waals surface area contributed by atoms with Crippen molar-refractivity contribution in [2.45, 2.75) is 71.6 Å². The lowest BCUT2D eigenvalue weighted by Gasteiger charge is -2.27. The summed E-state index contributed by atoms with van der Waals surface area (Å²) < 4.78 is 0. The van der Waals surface area contributed by atoms with Crippen molar-refractivity contribution in [1.29, 1.82) is 0 Å². The van der Waals surface area contributed by atoms with Crippen molar-refractivity contribution in [2.75, 3.05) is 0 Å². The van der Waals surface area contributed by atoms with Crippen molar-refractivity contribution >= 4 is 5.78 Å². The molecule has 0 N–H and O–H groups in total. The van der Waals surface area contributed by atoms with Gasteiger partial charge in [-0.05, 0) is 25.7 Å². The van der Waals surface area contributed by atoms with Gasteiger partial charge in [-0.25, -0.2) is 0 Å². The van der Waals surface area contributed by atoms with Crippen LogP contribution in [0.4, 0.5) is 0 Å². The third kappa shape index (κ3) is 3.96. The molecular weight excluding hydrogens is 184 g/mol. The summed E-state index contributed by atoms with van der Waals surface area (Å²) in [5, 5.41) is 0. The normalized spacial score (nSPS) is 26.9. The zero-order valence-corrected chi connectivity index (χ0v) is 10.4. The highest BCUT2D eigenvalue weighted by molar-refractivity contribution is 5.84. The molecule has 0 aromatic carbocycles. The Morgan fingerprint density at radius 2 is 1.47 bits per heavy atom. The Hall–Kier alpha value is -0.330. The van der Waals surface area contributed by atoms with E-state index in [9.17, 15) is 4.79 Å². The average molecular weight is 210 g/mol. The highest BCUT2D eigenvalue weighted by Crippen LogP contribution is 2.31. The van der Waals surface area contributed by atoms with Gasteiger partial charge in [0.2, 0.25) is 0 Å². The SMILES string of the molecule is CCCC[C@H]1CCC[C@H](CCCC)C1=O. The van der Waals surface area contributed by atoms with E-state index in [0.717, 1.165) is 12.8 Å². The number of carbonyl (C=O) groups is 1.